The minimum atomic E-state index is -0.482. The number of benzene rings is 2. The van der Waals surface area contributed by atoms with E-state index < -0.39 is 17.0 Å². The molecule has 0 atom stereocenters. The lowest BCUT2D eigenvalue weighted by atomic mass is 9.97. The maximum atomic E-state index is 13.7. The number of ether oxygens (including phenoxy) is 3. The van der Waals surface area contributed by atoms with Crippen molar-refractivity contribution in [3.05, 3.63) is 99.3 Å². The minimum absolute atomic E-state index is 0.0375. The summed E-state index contributed by atoms with van der Waals surface area (Å²) in [5, 5.41) is 4.25. The minimum Gasteiger partial charge on any atom is -0.491 e. The molecular weight excluding hydrogens is 527 g/mol. The van der Waals surface area contributed by atoms with E-state index in [-0.39, 0.29) is 12.1 Å². The summed E-state index contributed by atoms with van der Waals surface area (Å²) in [4.78, 5) is 35.5. The lowest BCUT2D eigenvalue weighted by Gasteiger charge is -2.14. The molecule has 208 valence electrons. The second-order valence-electron chi connectivity index (χ2n) is 9.44. The molecule has 3 heterocycles. The van der Waals surface area contributed by atoms with Crippen LogP contribution in [0, 0.1) is 19.7 Å². The molecule has 0 spiro atoms. The molecule has 9 nitrogen and oxygen atoms in total. The van der Waals surface area contributed by atoms with Crippen molar-refractivity contribution in [2.24, 2.45) is 7.05 Å². The Kier molecular flexibility index (Phi) is 7.47. The first-order valence-corrected chi connectivity index (χ1v) is 12.7. The van der Waals surface area contributed by atoms with E-state index in [1.807, 2.05) is 0 Å². The van der Waals surface area contributed by atoms with E-state index in [0.717, 1.165) is 0 Å². The van der Waals surface area contributed by atoms with Gasteiger partial charge >= 0.3 is 0 Å². The summed E-state index contributed by atoms with van der Waals surface area (Å²) >= 11 is 0. The van der Waals surface area contributed by atoms with Crippen molar-refractivity contribution in [1.29, 1.82) is 0 Å². The molecule has 0 aliphatic heterocycles. The monoisotopic (exact) mass is 554 g/mol. The zero-order valence-electron chi connectivity index (χ0n) is 23.2. The molecule has 0 fully saturated rings. The summed E-state index contributed by atoms with van der Waals surface area (Å²) < 4.78 is 31.9. The first-order chi connectivity index (χ1) is 19.7. The number of hydrogen-bond acceptors (Lipinski definition) is 8. The number of rotatable bonds is 8. The Hall–Kier alpha value is -5.12. The van der Waals surface area contributed by atoms with Crippen molar-refractivity contribution >= 4 is 16.8 Å². The Morgan fingerprint density at radius 1 is 0.976 bits per heavy atom. The van der Waals surface area contributed by atoms with Crippen LogP contribution in [-0.2, 0) is 13.5 Å². The third-order valence-electron chi connectivity index (χ3n) is 6.80. The summed E-state index contributed by atoms with van der Waals surface area (Å²) in [6.45, 7) is 3.47. The lowest BCUT2D eigenvalue weighted by Crippen LogP contribution is -2.26. The first-order valence-electron chi connectivity index (χ1n) is 12.7. The predicted molar refractivity (Wildman–Crippen MR) is 152 cm³/mol. The average molecular weight is 555 g/mol. The smallest absolute Gasteiger partial charge is 0.257 e. The Morgan fingerprint density at radius 2 is 1.73 bits per heavy atom. The molecule has 0 radical (unpaired) electrons. The van der Waals surface area contributed by atoms with E-state index in [4.69, 9.17) is 14.2 Å². The van der Waals surface area contributed by atoms with E-state index in [1.54, 1.807) is 69.6 Å². The largest absolute Gasteiger partial charge is 0.491 e. The molecule has 10 heteroatoms. The van der Waals surface area contributed by atoms with Crippen molar-refractivity contribution in [2.45, 2.75) is 20.3 Å². The number of hydrogen-bond donors (Lipinski definition) is 0. The standard InChI is InChI=1S/C31H27FN4O5/c1-17-14-20(32)8-11-22(17)27-18(2)36(3)35-29(30(27)38)24(37)15-19-6-9-21(10-7-19)41-25-12-13-33-23-16-26(39-4)31(40-5)34-28(23)25/h6-14,16H,15H2,1-5H3. The zero-order chi connectivity index (χ0) is 29.3. The molecule has 0 saturated heterocycles. The number of ketones is 1. The highest BCUT2D eigenvalue weighted by Crippen LogP contribution is 2.34. The summed E-state index contributed by atoms with van der Waals surface area (Å²) in [5.41, 5.74) is 3.17. The van der Waals surface area contributed by atoms with E-state index >= 15 is 0 Å². The summed E-state index contributed by atoms with van der Waals surface area (Å²) in [6, 6.07) is 14.6. The van der Waals surface area contributed by atoms with Crippen LogP contribution in [0.25, 0.3) is 22.2 Å². The van der Waals surface area contributed by atoms with Gasteiger partial charge in [-0.15, -0.1) is 0 Å². The molecular formula is C31H27FN4O5. The van der Waals surface area contributed by atoms with Crippen molar-refractivity contribution in [3.63, 3.8) is 0 Å². The Bertz CT molecular complexity index is 1850. The Balaban J connectivity index is 1.39. The van der Waals surface area contributed by atoms with E-state index in [1.165, 1.54) is 31.0 Å². The fourth-order valence-electron chi connectivity index (χ4n) is 4.58. The van der Waals surface area contributed by atoms with Crippen LogP contribution in [0.5, 0.6) is 23.1 Å². The molecule has 5 aromatic rings. The van der Waals surface area contributed by atoms with Gasteiger partial charge < -0.3 is 14.2 Å². The highest BCUT2D eigenvalue weighted by molar-refractivity contribution is 5.96. The Labute approximate surface area is 235 Å². The summed E-state index contributed by atoms with van der Waals surface area (Å²) in [5.74, 6) is 0.925. The third kappa shape index (κ3) is 5.36. The molecule has 0 amide bonds. The third-order valence-corrected chi connectivity index (χ3v) is 6.80. The van der Waals surface area contributed by atoms with Crippen LogP contribution in [0.2, 0.25) is 0 Å². The molecule has 0 aliphatic carbocycles. The van der Waals surface area contributed by atoms with Crippen LogP contribution in [-0.4, -0.2) is 39.8 Å². The number of aryl methyl sites for hydroxylation is 2. The molecule has 0 unspecified atom stereocenters. The molecule has 3 aromatic heterocycles. The van der Waals surface area contributed by atoms with Gasteiger partial charge in [0.05, 0.1) is 25.3 Å². The first kappa shape index (κ1) is 27.4. The van der Waals surface area contributed by atoms with Gasteiger partial charge in [-0.25, -0.2) is 9.37 Å². The molecule has 2 aromatic carbocycles. The van der Waals surface area contributed by atoms with Gasteiger partial charge in [0.2, 0.25) is 5.43 Å². The van der Waals surface area contributed by atoms with Gasteiger partial charge in [-0.3, -0.25) is 19.3 Å². The van der Waals surface area contributed by atoms with Gasteiger partial charge in [0.25, 0.3) is 5.88 Å². The average Bonchev–Trinajstić information content (AvgIpc) is 2.96. The van der Waals surface area contributed by atoms with Crippen LogP contribution < -0.4 is 19.6 Å². The number of pyridine rings is 2. The van der Waals surface area contributed by atoms with Crippen molar-refractivity contribution < 1.29 is 23.4 Å². The van der Waals surface area contributed by atoms with Gasteiger partial charge in [0.1, 0.15) is 17.1 Å². The second-order valence-corrected chi connectivity index (χ2v) is 9.44. The predicted octanol–water partition coefficient (Wildman–Crippen LogP) is 5.38. The maximum Gasteiger partial charge on any atom is 0.257 e. The zero-order valence-corrected chi connectivity index (χ0v) is 23.2. The number of aromatic nitrogens is 4. The van der Waals surface area contributed by atoms with Gasteiger partial charge in [0, 0.05) is 37.5 Å². The van der Waals surface area contributed by atoms with Crippen molar-refractivity contribution in [1.82, 2.24) is 19.7 Å². The van der Waals surface area contributed by atoms with Gasteiger partial charge in [0.15, 0.2) is 23.0 Å². The van der Waals surface area contributed by atoms with Crippen LogP contribution in [0.1, 0.15) is 27.3 Å². The summed E-state index contributed by atoms with van der Waals surface area (Å²) in [7, 11) is 4.69. The SMILES string of the molecule is COc1cc2nccc(Oc3ccc(CC(=O)c4nn(C)c(C)c(-c5ccc(F)cc5C)c4=O)cc3)c2nc1OC. The normalized spacial score (nSPS) is 11.0. The molecule has 0 saturated carbocycles. The number of methoxy groups -OCH3 is 2. The maximum absolute atomic E-state index is 13.7. The van der Waals surface area contributed by atoms with E-state index in [9.17, 15) is 14.0 Å². The lowest BCUT2D eigenvalue weighted by molar-refractivity contribution is 0.0985. The highest BCUT2D eigenvalue weighted by atomic mass is 19.1. The molecule has 0 aliphatic rings. The molecule has 0 N–H and O–H groups in total. The fourth-order valence-corrected chi connectivity index (χ4v) is 4.58. The van der Waals surface area contributed by atoms with Gasteiger partial charge in [-0.1, -0.05) is 18.2 Å². The summed E-state index contributed by atoms with van der Waals surface area (Å²) in [6.07, 6.45) is 1.57. The number of Topliss-reactive ketones (excluding diaryl/α,β-unsaturated/α-hetero) is 1. The molecule has 0 bridgehead atoms. The molecule has 5 rings (SSSR count). The number of fused-ring (bicyclic) bond motifs is 1. The topological polar surface area (TPSA) is 105 Å². The fraction of sp³-hybridized carbons (Fsp3) is 0.194. The van der Waals surface area contributed by atoms with Gasteiger partial charge in [-0.2, -0.15) is 5.10 Å². The van der Waals surface area contributed by atoms with Crippen LogP contribution in [0.15, 0.2) is 65.6 Å². The van der Waals surface area contributed by atoms with Gasteiger partial charge in [-0.05, 0) is 54.8 Å². The van der Waals surface area contributed by atoms with Crippen LogP contribution >= 0.6 is 0 Å². The van der Waals surface area contributed by atoms with Crippen LogP contribution in [0.4, 0.5) is 4.39 Å². The van der Waals surface area contributed by atoms with E-state index in [2.05, 4.69) is 15.1 Å². The van der Waals surface area contributed by atoms with Crippen molar-refractivity contribution in [3.8, 4) is 34.3 Å². The number of carbonyl (C=O) groups is 1. The Morgan fingerprint density at radius 3 is 2.41 bits per heavy atom. The number of nitrogens with zero attached hydrogens (tertiary/aromatic N) is 4. The number of halogens is 1. The highest BCUT2D eigenvalue weighted by Gasteiger charge is 2.21. The van der Waals surface area contributed by atoms with Crippen molar-refractivity contribution in [2.75, 3.05) is 14.2 Å². The van der Waals surface area contributed by atoms with Crippen LogP contribution in [0.3, 0.4) is 0 Å². The van der Waals surface area contributed by atoms with E-state index in [0.29, 0.717) is 62.1 Å². The quantitative estimate of drug-likeness (QED) is 0.236. The second kappa shape index (κ2) is 11.2. The number of carbonyl (C=O) groups excluding carboxylic acids is 1. The molecule has 41 heavy (non-hydrogen) atoms.